The summed E-state index contributed by atoms with van der Waals surface area (Å²) in [5.74, 6) is -0.545. The van der Waals surface area contributed by atoms with Gasteiger partial charge in [0, 0.05) is 0 Å². The molecule has 1 heterocycles. The molecule has 64 valence electrons. The van der Waals surface area contributed by atoms with Crippen molar-refractivity contribution in [2.75, 3.05) is 0 Å². The minimum absolute atomic E-state index is 0. The maximum atomic E-state index is 10.6. The van der Waals surface area contributed by atoms with Crippen LogP contribution >= 0.6 is 12.4 Å². The van der Waals surface area contributed by atoms with Crippen molar-refractivity contribution in [3.05, 3.63) is 0 Å². The fourth-order valence-electron chi connectivity index (χ4n) is 0.636. The predicted octanol–water partition coefficient (Wildman–Crippen LogP) is -2.14. The minimum Gasteiger partial charge on any atom is -0.321 e. The maximum absolute atomic E-state index is 10.6. The van der Waals surface area contributed by atoms with E-state index in [9.17, 15) is 9.59 Å². The predicted molar refractivity (Wildman–Crippen MR) is 39.9 cm³/mol. The summed E-state index contributed by atoms with van der Waals surface area (Å²) in [6.07, 6.45) is -0.777. The summed E-state index contributed by atoms with van der Waals surface area (Å²) in [6.45, 7) is 0. The highest BCUT2D eigenvalue weighted by atomic mass is 35.5. The molecule has 0 aromatic carbocycles. The van der Waals surface area contributed by atoms with Gasteiger partial charge < -0.3 is 16.8 Å². The molecular formula is C4H9ClN4O2. The van der Waals surface area contributed by atoms with Gasteiger partial charge in [-0.3, -0.25) is 10.1 Å². The normalized spacial score (nSPS) is 30.0. The monoisotopic (exact) mass is 180 g/mol. The van der Waals surface area contributed by atoms with Crippen LogP contribution in [0.1, 0.15) is 0 Å². The second-order valence-corrected chi connectivity index (χ2v) is 2.01. The minimum atomic E-state index is -0.849. The van der Waals surface area contributed by atoms with Gasteiger partial charge in [0.05, 0.1) is 0 Å². The van der Waals surface area contributed by atoms with Crippen molar-refractivity contribution in [1.82, 2.24) is 10.6 Å². The molecule has 0 bridgehead atoms. The van der Waals surface area contributed by atoms with Crippen molar-refractivity contribution in [1.29, 1.82) is 0 Å². The summed E-state index contributed by atoms with van der Waals surface area (Å²) in [7, 11) is 0. The molecule has 6 N–H and O–H groups in total. The number of imide groups is 1. The Hall–Kier alpha value is -0.850. The topological polar surface area (TPSA) is 110 Å². The molecule has 1 aliphatic rings. The molecule has 6 nitrogen and oxygen atoms in total. The lowest BCUT2D eigenvalue weighted by Gasteiger charge is -2.24. The van der Waals surface area contributed by atoms with E-state index in [1.54, 1.807) is 0 Å². The Morgan fingerprint density at radius 1 is 1.27 bits per heavy atom. The van der Waals surface area contributed by atoms with E-state index in [1.165, 1.54) is 0 Å². The highest BCUT2D eigenvalue weighted by molar-refractivity contribution is 6.00. The van der Waals surface area contributed by atoms with Crippen LogP contribution < -0.4 is 22.1 Å². The fourth-order valence-corrected chi connectivity index (χ4v) is 0.636. The van der Waals surface area contributed by atoms with E-state index in [0.29, 0.717) is 0 Å². The highest BCUT2D eigenvalue weighted by Gasteiger charge is 2.29. The fraction of sp³-hybridized carbons (Fsp3) is 0.500. The van der Waals surface area contributed by atoms with E-state index in [-0.39, 0.29) is 12.4 Å². The molecule has 0 radical (unpaired) electrons. The third-order valence-electron chi connectivity index (χ3n) is 1.22. The molecular weight excluding hydrogens is 172 g/mol. The summed E-state index contributed by atoms with van der Waals surface area (Å²) in [4.78, 5) is 21.1. The number of nitrogens with two attached hydrogens (primary N) is 2. The van der Waals surface area contributed by atoms with Gasteiger partial charge in [-0.05, 0) is 0 Å². The molecule has 1 saturated heterocycles. The van der Waals surface area contributed by atoms with Crippen LogP contribution in [-0.2, 0) is 4.79 Å². The number of urea groups is 1. The first-order valence-corrected chi connectivity index (χ1v) is 2.74. The van der Waals surface area contributed by atoms with E-state index in [4.69, 9.17) is 11.5 Å². The summed E-state index contributed by atoms with van der Waals surface area (Å²) in [6, 6.07) is -1.45. The van der Waals surface area contributed by atoms with Gasteiger partial charge in [-0.15, -0.1) is 12.4 Å². The van der Waals surface area contributed by atoms with Gasteiger partial charge in [0.25, 0.3) is 0 Å². The number of carbonyl (C=O) groups is 2. The highest BCUT2D eigenvalue weighted by Crippen LogP contribution is 1.89. The molecule has 1 fully saturated rings. The van der Waals surface area contributed by atoms with E-state index in [1.807, 2.05) is 5.32 Å². The van der Waals surface area contributed by atoms with Crippen molar-refractivity contribution < 1.29 is 9.59 Å². The Morgan fingerprint density at radius 2 is 1.82 bits per heavy atom. The zero-order valence-electron chi connectivity index (χ0n) is 5.53. The third kappa shape index (κ3) is 2.04. The molecule has 0 aromatic rings. The molecule has 1 aliphatic heterocycles. The Labute approximate surface area is 69.1 Å². The van der Waals surface area contributed by atoms with Crippen molar-refractivity contribution >= 4 is 24.3 Å². The molecule has 0 aliphatic carbocycles. The zero-order chi connectivity index (χ0) is 7.72. The first-order valence-electron chi connectivity index (χ1n) is 2.74. The Morgan fingerprint density at radius 3 is 2.27 bits per heavy atom. The smallest absolute Gasteiger partial charge is 0.321 e. The zero-order valence-corrected chi connectivity index (χ0v) is 6.35. The number of rotatable bonds is 0. The van der Waals surface area contributed by atoms with E-state index in [2.05, 4.69) is 5.32 Å². The van der Waals surface area contributed by atoms with Crippen LogP contribution in [0, 0.1) is 0 Å². The van der Waals surface area contributed by atoms with Gasteiger partial charge in [0.1, 0.15) is 12.2 Å². The number of nitrogens with one attached hydrogen (secondary N) is 2. The SMILES string of the molecule is Cl.NC1NC(=O)NC(=O)C1N. The lowest BCUT2D eigenvalue weighted by Crippen LogP contribution is -2.67. The van der Waals surface area contributed by atoms with Crippen molar-refractivity contribution in [2.45, 2.75) is 12.2 Å². The van der Waals surface area contributed by atoms with Crippen LogP contribution in [0.15, 0.2) is 0 Å². The molecule has 0 saturated carbocycles. The number of amides is 3. The number of hydrogen-bond acceptors (Lipinski definition) is 4. The number of halogens is 1. The van der Waals surface area contributed by atoms with E-state index >= 15 is 0 Å². The number of hydrogen-bond donors (Lipinski definition) is 4. The average Bonchev–Trinajstić information content (AvgIpc) is 1.82. The van der Waals surface area contributed by atoms with Crippen LogP contribution in [0.4, 0.5) is 4.79 Å². The van der Waals surface area contributed by atoms with Crippen molar-refractivity contribution in [3.63, 3.8) is 0 Å². The second kappa shape index (κ2) is 3.51. The first kappa shape index (κ1) is 10.2. The summed E-state index contributed by atoms with van der Waals surface area (Å²) < 4.78 is 0. The summed E-state index contributed by atoms with van der Waals surface area (Å²) in [5.41, 5.74) is 10.5. The van der Waals surface area contributed by atoms with Crippen molar-refractivity contribution in [3.8, 4) is 0 Å². The Balaban J connectivity index is 0.000001000. The molecule has 2 unspecified atom stereocenters. The quantitative estimate of drug-likeness (QED) is 0.341. The standard InChI is InChI=1S/C4H8N4O2.ClH/c5-1-2(6)7-4(10)8-3(1)9;/h1-2H,5-6H2,(H2,7,8,9,10);1H. The second-order valence-electron chi connectivity index (χ2n) is 2.01. The van der Waals surface area contributed by atoms with E-state index in [0.717, 1.165) is 0 Å². The van der Waals surface area contributed by atoms with Crippen LogP contribution in [-0.4, -0.2) is 24.1 Å². The molecule has 2 atom stereocenters. The summed E-state index contributed by atoms with van der Waals surface area (Å²) >= 11 is 0. The van der Waals surface area contributed by atoms with Gasteiger partial charge in [0.2, 0.25) is 5.91 Å². The van der Waals surface area contributed by atoms with Crippen LogP contribution in [0.3, 0.4) is 0 Å². The lowest BCUT2D eigenvalue weighted by molar-refractivity contribution is -0.122. The number of carbonyl (C=O) groups excluding carboxylic acids is 2. The molecule has 7 heteroatoms. The van der Waals surface area contributed by atoms with Gasteiger partial charge in [-0.1, -0.05) is 0 Å². The Bertz CT molecular complexity index is 185. The molecule has 0 spiro atoms. The van der Waals surface area contributed by atoms with Gasteiger partial charge in [0.15, 0.2) is 0 Å². The maximum Gasteiger partial charge on any atom is 0.322 e. The van der Waals surface area contributed by atoms with Crippen molar-refractivity contribution in [2.24, 2.45) is 11.5 Å². The Kier molecular flexibility index (Phi) is 3.24. The third-order valence-corrected chi connectivity index (χ3v) is 1.22. The first-order chi connectivity index (χ1) is 4.61. The van der Waals surface area contributed by atoms with Gasteiger partial charge in [-0.25, -0.2) is 4.79 Å². The molecule has 11 heavy (non-hydrogen) atoms. The average molecular weight is 181 g/mol. The molecule has 0 aromatic heterocycles. The van der Waals surface area contributed by atoms with Crippen LogP contribution in [0.25, 0.3) is 0 Å². The summed E-state index contributed by atoms with van der Waals surface area (Å²) in [5, 5.41) is 4.21. The van der Waals surface area contributed by atoms with Gasteiger partial charge in [-0.2, -0.15) is 0 Å². The van der Waals surface area contributed by atoms with Crippen LogP contribution in [0.2, 0.25) is 0 Å². The molecule has 3 amide bonds. The molecule has 1 rings (SSSR count). The lowest BCUT2D eigenvalue weighted by atomic mass is 10.2. The van der Waals surface area contributed by atoms with Gasteiger partial charge >= 0.3 is 6.03 Å². The van der Waals surface area contributed by atoms with Crippen LogP contribution in [0.5, 0.6) is 0 Å². The largest absolute Gasteiger partial charge is 0.322 e. The van der Waals surface area contributed by atoms with E-state index < -0.39 is 24.1 Å².